The summed E-state index contributed by atoms with van der Waals surface area (Å²) in [5.41, 5.74) is -1.13. The number of hydrogen-bond donors (Lipinski definition) is 1. The summed E-state index contributed by atoms with van der Waals surface area (Å²) in [6.07, 6.45) is -4.86. The minimum absolute atomic E-state index is 0.201. The molecule has 0 radical (unpaired) electrons. The number of aromatic nitrogens is 1. The van der Waals surface area contributed by atoms with E-state index in [1.807, 2.05) is 0 Å². The molecule has 0 spiro atoms. The molecule has 2 aliphatic heterocycles. The Labute approximate surface area is 247 Å². The highest BCUT2D eigenvalue weighted by Gasteiger charge is 2.57. The van der Waals surface area contributed by atoms with Crippen LogP contribution in [0.4, 0.5) is 33.3 Å². The average molecular weight is 632 g/mol. The standard InChI is InChI=1S/C29H18F5N3O4S2/c30-15-7-5-14(6-8-15)21-22-23(26(40)37(25(22)39)19-4-2-1-3-18(19)29(32,33)34)42-27-24(21)43-28(41)36(27)13-20(38)35-17-11-9-16(31)10-12-17/h1-12,21-23H,13H2,(H,35,38)/t21-,22-,23+/m0/s1. The number of amides is 3. The third-order valence-corrected chi connectivity index (χ3v) is 9.76. The van der Waals surface area contributed by atoms with Crippen LogP contribution in [0, 0.1) is 17.6 Å². The maximum atomic E-state index is 13.9. The van der Waals surface area contributed by atoms with E-state index >= 15 is 0 Å². The van der Waals surface area contributed by atoms with Gasteiger partial charge in [-0.3, -0.25) is 23.7 Å². The van der Waals surface area contributed by atoms with Crippen LogP contribution in [0.25, 0.3) is 0 Å². The molecule has 3 aromatic carbocycles. The van der Waals surface area contributed by atoms with Gasteiger partial charge < -0.3 is 5.32 Å². The van der Waals surface area contributed by atoms with Crippen LogP contribution in [-0.2, 0) is 27.1 Å². The topological polar surface area (TPSA) is 88.5 Å². The third kappa shape index (κ3) is 5.14. The summed E-state index contributed by atoms with van der Waals surface area (Å²) in [5.74, 6) is -5.72. The number of benzene rings is 3. The monoisotopic (exact) mass is 631 g/mol. The normalized spacial score (nSPS) is 19.7. The molecular weight excluding hydrogens is 613 g/mol. The Morgan fingerprint density at radius 1 is 0.860 bits per heavy atom. The molecule has 3 heterocycles. The molecule has 4 aromatic rings. The minimum atomic E-state index is -4.86. The van der Waals surface area contributed by atoms with E-state index < -0.39 is 75.3 Å². The summed E-state index contributed by atoms with van der Waals surface area (Å²) in [5, 5.41) is 1.52. The Hall–Kier alpha value is -4.30. The summed E-state index contributed by atoms with van der Waals surface area (Å²) in [6.45, 7) is -0.495. The summed E-state index contributed by atoms with van der Waals surface area (Å²) in [4.78, 5) is 53.9. The molecule has 6 rings (SSSR count). The van der Waals surface area contributed by atoms with Crippen molar-refractivity contribution in [2.24, 2.45) is 5.92 Å². The van der Waals surface area contributed by atoms with Crippen molar-refractivity contribution in [2.75, 3.05) is 10.2 Å². The van der Waals surface area contributed by atoms with Crippen molar-refractivity contribution in [3.8, 4) is 0 Å². The number of carbonyl (C=O) groups excluding carboxylic acids is 3. The van der Waals surface area contributed by atoms with Gasteiger partial charge in [-0.1, -0.05) is 47.4 Å². The predicted octanol–water partition coefficient (Wildman–Crippen LogP) is 5.64. The van der Waals surface area contributed by atoms with Gasteiger partial charge in [0, 0.05) is 16.5 Å². The van der Waals surface area contributed by atoms with Crippen molar-refractivity contribution >= 4 is 52.2 Å². The summed E-state index contributed by atoms with van der Waals surface area (Å²) < 4.78 is 69.9. The Morgan fingerprint density at radius 3 is 2.14 bits per heavy atom. The van der Waals surface area contributed by atoms with Crippen LogP contribution < -0.4 is 15.1 Å². The van der Waals surface area contributed by atoms with E-state index in [0.29, 0.717) is 15.3 Å². The molecule has 43 heavy (non-hydrogen) atoms. The zero-order valence-electron chi connectivity index (χ0n) is 21.6. The fraction of sp³-hybridized carbons (Fsp3) is 0.172. The highest BCUT2D eigenvalue weighted by Crippen LogP contribution is 2.54. The first-order valence-corrected chi connectivity index (χ1v) is 14.4. The van der Waals surface area contributed by atoms with Gasteiger partial charge in [0.1, 0.15) is 23.4 Å². The van der Waals surface area contributed by atoms with E-state index in [0.717, 1.165) is 70.1 Å². The maximum Gasteiger partial charge on any atom is 0.418 e. The number of halogens is 5. The molecule has 0 unspecified atom stereocenters. The molecule has 1 fully saturated rings. The summed E-state index contributed by atoms with van der Waals surface area (Å²) >= 11 is 1.56. The SMILES string of the molecule is O=C(Cn1c2c(sc1=O)[C@@H](c1ccc(F)cc1)[C@@H]1C(=O)N(c3ccccc3C(F)(F)F)C(=O)[C@@H]1S2)Nc1ccc(F)cc1. The Bertz CT molecular complexity index is 1820. The van der Waals surface area contributed by atoms with Crippen LogP contribution in [0.1, 0.15) is 21.9 Å². The van der Waals surface area contributed by atoms with Crippen molar-refractivity contribution in [1.82, 2.24) is 4.57 Å². The van der Waals surface area contributed by atoms with E-state index in [2.05, 4.69) is 5.32 Å². The number of alkyl halides is 3. The molecule has 3 atom stereocenters. The first-order chi connectivity index (χ1) is 20.4. The van der Waals surface area contributed by atoms with Gasteiger partial charge in [0.25, 0.3) is 0 Å². The van der Waals surface area contributed by atoms with Crippen LogP contribution >= 0.6 is 23.1 Å². The van der Waals surface area contributed by atoms with Crippen molar-refractivity contribution in [2.45, 2.75) is 28.9 Å². The lowest BCUT2D eigenvalue weighted by molar-refractivity contribution is -0.137. The first-order valence-electron chi connectivity index (χ1n) is 12.7. The maximum absolute atomic E-state index is 13.9. The van der Waals surface area contributed by atoms with Gasteiger partial charge in [-0.25, -0.2) is 13.7 Å². The van der Waals surface area contributed by atoms with Crippen molar-refractivity contribution in [1.29, 1.82) is 0 Å². The van der Waals surface area contributed by atoms with Crippen molar-refractivity contribution < 1.29 is 36.3 Å². The average Bonchev–Trinajstić information content (AvgIpc) is 3.40. The van der Waals surface area contributed by atoms with Crippen LogP contribution in [0.15, 0.2) is 82.6 Å². The smallest absolute Gasteiger partial charge is 0.325 e. The lowest BCUT2D eigenvalue weighted by Crippen LogP contribution is -2.33. The predicted molar refractivity (Wildman–Crippen MR) is 149 cm³/mol. The van der Waals surface area contributed by atoms with Crippen LogP contribution in [-0.4, -0.2) is 27.5 Å². The zero-order chi connectivity index (χ0) is 30.6. The first kappa shape index (κ1) is 28.8. The lowest BCUT2D eigenvalue weighted by Gasteiger charge is -2.30. The highest BCUT2D eigenvalue weighted by molar-refractivity contribution is 8.00. The molecule has 1 saturated heterocycles. The number of thioether (sulfide) groups is 1. The molecule has 3 amide bonds. The van der Waals surface area contributed by atoms with Crippen molar-refractivity contribution in [3.63, 3.8) is 0 Å². The second-order valence-corrected chi connectivity index (χ2v) is 11.9. The molecule has 0 aliphatic carbocycles. The molecule has 7 nitrogen and oxygen atoms in total. The summed E-state index contributed by atoms with van der Waals surface area (Å²) in [7, 11) is 0. The second-order valence-electron chi connectivity index (χ2n) is 9.80. The Balaban J connectivity index is 1.43. The number of para-hydroxylation sites is 1. The number of nitrogens with zero attached hydrogens (tertiary/aromatic N) is 2. The number of rotatable bonds is 5. The van der Waals surface area contributed by atoms with Gasteiger partial charge >= 0.3 is 11.0 Å². The number of carbonyl (C=O) groups is 3. The molecule has 1 N–H and O–H groups in total. The van der Waals surface area contributed by atoms with Gasteiger partial charge in [-0.2, -0.15) is 13.2 Å². The molecule has 0 bridgehead atoms. The van der Waals surface area contributed by atoms with E-state index in [-0.39, 0.29) is 10.7 Å². The van der Waals surface area contributed by atoms with Gasteiger partial charge in [-0.15, -0.1) is 0 Å². The third-order valence-electron chi connectivity index (χ3n) is 7.16. The fourth-order valence-corrected chi connectivity index (χ4v) is 8.08. The second kappa shape index (κ2) is 10.8. The molecule has 2 aliphatic rings. The van der Waals surface area contributed by atoms with Crippen LogP contribution in [0.2, 0.25) is 0 Å². The number of thiazole rings is 1. The highest BCUT2D eigenvalue weighted by atomic mass is 32.2. The zero-order valence-corrected chi connectivity index (χ0v) is 23.2. The minimum Gasteiger partial charge on any atom is -0.325 e. The molecular formula is C29H18F5N3O4S2. The quantitative estimate of drug-likeness (QED) is 0.228. The van der Waals surface area contributed by atoms with E-state index in [4.69, 9.17) is 0 Å². The summed E-state index contributed by atoms with van der Waals surface area (Å²) in [6, 6.07) is 14.2. The molecule has 1 aromatic heterocycles. The van der Waals surface area contributed by atoms with Crippen LogP contribution in [0.5, 0.6) is 0 Å². The number of hydrogen-bond acceptors (Lipinski definition) is 6. The largest absolute Gasteiger partial charge is 0.418 e. The number of fused-ring (bicyclic) bond motifs is 2. The van der Waals surface area contributed by atoms with Gasteiger partial charge in [0.2, 0.25) is 17.7 Å². The van der Waals surface area contributed by atoms with Gasteiger partial charge in [0.05, 0.1) is 22.2 Å². The van der Waals surface area contributed by atoms with E-state index in [9.17, 15) is 41.1 Å². The number of anilines is 2. The molecule has 0 saturated carbocycles. The van der Waals surface area contributed by atoms with E-state index in [1.165, 1.54) is 30.3 Å². The Kier molecular flexibility index (Phi) is 7.21. The number of imide groups is 1. The van der Waals surface area contributed by atoms with Crippen LogP contribution in [0.3, 0.4) is 0 Å². The Morgan fingerprint density at radius 2 is 1.49 bits per heavy atom. The molecule has 220 valence electrons. The molecule has 14 heteroatoms. The lowest BCUT2D eigenvalue weighted by atomic mass is 9.83. The fourth-order valence-electron chi connectivity index (χ4n) is 5.31. The number of nitrogens with one attached hydrogen (secondary N) is 1. The van der Waals surface area contributed by atoms with Gasteiger partial charge in [0.15, 0.2) is 0 Å². The van der Waals surface area contributed by atoms with E-state index in [1.54, 1.807) is 0 Å². The van der Waals surface area contributed by atoms with Crippen molar-refractivity contribution in [3.05, 3.63) is 110 Å². The van der Waals surface area contributed by atoms with Gasteiger partial charge in [-0.05, 0) is 54.1 Å².